The van der Waals surface area contributed by atoms with E-state index in [1.165, 1.54) is 20.3 Å². The molecule has 6 nitrogen and oxygen atoms in total. The summed E-state index contributed by atoms with van der Waals surface area (Å²) >= 11 is 0. The van der Waals surface area contributed by atoms with Crippen LogP contribution >= 0.6 is 12.4 Å². The first kappa shape index (κ1) is 23.5. The first-order chi connectivity index (χ1) is 13.0. The van der Waals surface area contributed by atoms with Gasteiger partial charge in [0.25, 0.3) is 0 Å². The zero-order valence-corrected chi connectivity index (χ0v) is 16.8. The quantitative estimate of drug-likeness (QED) is 0.632. The molecule has 28 heavy (non-hydrogen) atoms. The van der Waals surface area contributed by atoms with E-state index in [1.54, 1.807) is 13.0 Å². The highest BCUT2D eigenvalue weighted by Gasteiger charge is 2.31. The van der Waals surface area contributed by atoms with Crippen LogP contribution in [0, 0.1) is 0 Å². The predicted octanol–water partition coefficient (Wildman–Crippen LogP) is 3.61. The molecule has 0 saturated heterocycles. The second kappa shape index (κ2) is 11.4. The van der Waals surface area contributed by atoms with Gasteiger partial charge in [-0.25, -0.2) is 9.18 Å². The number of ether oxygens (including phenoxy) is 4. The van der Waals surface area contributed by atoms with Gasteiger partial charge in [-0.15, -0.1) is 12.4 Å². The second-order valence-electron chi connectivity index (χ2n) is 5.70. The molecule has 2 atom stereocenters. The van der Waals surface area contributed by atoms with Gasteiger partial charge in [-0.1, -0.05) is 30.3 Å². The minimum absolute atomic E-state index is 0. The highest BCUT2D eigenvalue weighted by molar-refractivity contribution is 5.85. The van der Waals surface area contributed by atoms with E-state index < -0.39 is 18.2 Å². The third-order valence-electron chi connectivity index (χ3n) is 3.94. The third kappa shape index (κ3) is 5.74. The molecule has 154 valence electrons. The number of hydrogen-bond donors (Lipinski definition) is 1. The summed E-state index contributed by atoms with van der Waals surface area (Å²) in [6.07, 6.45) is -2.04. The van der Waals surface area contributed by atoms with Gasteiger partial charge in [-0.05, 0) is 18.6 Å². The molecule has 2 aromatic carbocycles. The molecule has 0 amide bonds. The number of methoxy groups -OCH3 is 2. The van der Waals surface area contributed by atoms with Crippen molar-refractivity contribution in [1.29, 1.82) is 0 Å². The normalized spacial score (nSPS) is 12.3. The van der Waals surface area contributed by atoms with E-state index in [-0.39, 0.29) is 31.2 Å². The minimum atomic E-state index is -2.04. The third-order valence-corrected chi connectivity index (χ3v) is 3.94. The van der Waals surface area contributed by atoms with Crippen molar-refractivity contribution in [3.05, 3.63) is 53.6 Å². The van der Waals surface area contributed by atoms with E-state index in [9.17, 15) is 9.18 Å². The Kier molecular flexibility index (Phi) is 9.55. The van der Waals surface area contributed by atoms with Crippen molar-refractivity contribution in [2.75, 3.05) is 20.8 Å². The monoisotopic (exact) mass is 413 g/mol. The van der Waals surface area contributed by atoms with Crippen molar-refractivity contribution in [2.45, 2.75) is 25.7 Å². The van der Waals surface area contributed by atoms with E-state index in [4.69, 9.17) is 24.7 Å². The smallest absolute Gasteiger partial charge is 0.342 e. The molecule has 8 heteroatoms. The first-order valence-corrected chi connectivity index (χ1v) is 8.50. The number of rotatable bonds is 9. The van der Waals surface area contributed by atoms with Crippen LogP contribution in [-0.2, 0) is 16.1 Å². The Morgan fingerprint density at radius 3 is 2.25 bits per heavy atom. The fourth-order valence-corrected chi connectivity index (χ4v) is 2.52. The summed E-state index contributed by atoms with van der Waals surface area (Å²) in [5.74, 6) is 0.0406. The number of nitrogens with two attached hydrogens (primary N) is 1. The van der Waals surface area contributed by atoms with Crippen LogP contribution in [0.2, 0.25) is 0 Å². The van der Waals surface area contributed by atoms with Crippen LogP contribution in [0.3, 0.4) is 0 Å². The number of hydrogen-bond acceptors (Lipinski definition) is 6. The maximum Gasteiger partial charge on any atom is 0.342 e. The van der Waals surface area contributed by atoms with Gasteiger partial charge in [0.2, 0.25) is 6.17 Å². The maximum atomic E-state index is 14.5. The number of benzene rings is 2. The Morgan fingerprint density at radius 2 is 1.68 bits per heavy atom. The standard InChI is InChI=1S/C20H24FNO5.ClH/c1-4-26-20(23)18(21)19(22)14-10-16(24-2)17(25-3)11-15(14)27-12-13-8-6-5-7-9-13;/h5-11,18-19H,4,12,22H2,1-3H3;1H/t18?,19-;/m1./s1. The molecular weight excluding hydrogens is 389 g/mol. The van der Waals surface area contributed by atoms with Crippen LogP contribution in [0.15, 0.2) is 42.5 Å². The topological polar surface area (TPSA) is 80.0 Å². The van der Waals surface area contributed by atoms with Crippen molar-refractivity contribution in [1.82, 2.24) is 0 Å². The Bertz CT molecular complexity index is 760. The summed E-state index contributed by atoms with van der Waals surface area (Å²) in [5.41, 5.74) is 7.21. The number of alkyl halides is 1. The molecule has 0 aliphatic heterocycles. The summed E-state index contributed by atoms with van der Waals surface area (Å²) in [7, 11) is 2.94. The Labute approximate surface area is 170 Å². The Balaban J connectivity index is 0.00000392. The molecule has 0 fully saturated rings. The lowest BCUT2D eigenvalue weighted by molar-refractivity contribution is -0.149. The summed E-state index contributed by atoms with van der Waals surface area (Å²) in [6.45, 7) is 1.91. The van der Waals surface area contributed by atoms with E-state index in [2.05, 4.69) is 0 Å². The van der Waals surface area contributed by atoms with Gasteiger partial charge < -0.3 is 24.7 Å². The van der Waals surface area contributed by atoms with Crippen molar-refractivity contribution in [3.63, 3.8) is 0 Å². The molecule has 2 N–H and O–H groups in total. The number of carbonyl (C=O) groups is 1. The largest absolute Gasteiger partial charge is 0.493 e. The average Bonchev–Trinajstić information content (AvgIpc) is 2.71. The molecule has 0 aliphatic rings. The average molecular weight is 414 g/mol. The van der Waals surface area contributed by atoms with Crippen LogP contribution in [0.4, 0.5) is 4.39 Å². The molecule has 2 aromatic rings. The zero-order chi connectivity index (χ0) is 19.8. The molecule has 0 bridgehead atoms. The lowest BCUT2D eigenvalue weighted by atomic mass is 10.0. The molecule has 0 aliphatic carbocycles. The molecule has 0 heterocycles. The summed E-state index contributed by atoms with van der Waals surface area (Å²) in [4.78, 5) is 11.8. The molecule has 0 saturated carbocycles. The number of halogens is 2. The van der Waals surface area contributed by atoms with E-state index in [1.807, 2.05) is 30.3 Å². The van der Waals surface area contributed by atoms with Gasteiger partial charge in [0, 0.05) is 11.6 Å². The minimum Gasteiger partial charge on any atom is -0.493 e. The first-order valence-electron chi connectivity index (χ1n) is 8.50. The van der Waals surface area contributed by atoms with Gasteiger partial charge in [0.05, 0.1) is 26.9 Å². The second-order valence-corrected chi connectivity index (χ2v) is 5.70. The fraction of sp³-hybridized carbons (Fsp3) is 0.350. The molecule has 0 aromatic heterocycles. The highest BCUT2D eigenvalue weighted by atomic mass is 35.5. The molecule has 0 radical (unpaired) electrons. The number of carbonyl (C=O) groups excluding carboxylic acids is 1. The van der Waals surface area contributed by atoms with Gasteiger partial charge in [0.1, 0.15) is 12.4 Å². The van der Waals surface area contributed by atoms with Gasteiger partial charge in [0.15, 0.2) is 11.5 Å². The lowest BCUT2D eigenvalue weighted by Gasteiger charge is -2.21. The highest BCUT2D eigenvalue weighted by Crippen LogP contribution is 2.38. The van der Waals surface area contributed by atoms with Crippen molar-refractivity contribution >= 4 is 18.4 Å². The molecule has 2 rings (SSSR count). The van der Waals surface area contributed by atoms with Gasteiger partial charge in [-0.2, -0.15) is 0 Å². The van der Waals surface area contributed by atoms with E-state index >= 15 is 0 Å². The maximum absolute atomic E-state index is 14.5. The summed E-state index contributed by atoms with van der Waals surface area (Å²) in [6, 6.07) is 11.3. The summed E-state index contributed by atoms with van der Waals surface area (Å²) < 4.78 is 35.6. The lowest BCUT2D eigenvalue weighted by Crippen LogP contribution is -2.32. The Hall–Kier alpha value is -2.51. The molecular formula is C20H25ClFNO5. The Morgan fingerprint density at radius 1 is 1.07 bits per heavy atom. The van der Waals surface area contributed by atoms with Crippen LogP contribution in [0.25, 0.3) is 0 Å². The molecule has 1 unspecified atom stereocenters. The number of esters is 1. The van der Waals surface area contributed by atoms with Crippen LogP contribution < -0.4 is 19.9 Å². The van der Waals surface area contributed by atoms with Gasteiger partial charge >= 0.3 is 5.97 Å². The van der Waals surface area contributed by atoms with Crippen molar-refractivity contribution in [3.8, 4) is 17.2 Å². The summed E-state index contributed by atoms with van der Waals surface area (Å²) in [5, 5.41) is 0. The van der Waals surface area contributed by atoms with E-state index in [0.717, 1.165) is 5.56 Å². The SMILES string of the molecule is CCOC(=O)C(F)[C@H](N)c1cc(OC)c(OC)cc1OCc1ccccc1.Cl. The van der Waals surface area contributed by atoms with Crippen LogP contribution in [0.1, 0.15) is 24.1 Å². The van der Waals surface area contributed by atoms with Crippen molar-refractivity contribution < 1.29 is 28.1 Å². The molecule has 0 spiro atoms. The van der Waals surface area contributed by atoms with Gasteiger partial charge in [-0.3, -0.25) is 0 Å². The zero-order valence-electron chi connectivity index (χ0n) is 16.0. The van der Waals surface area contributed by atoms with Crippen LogP contribution in [0.5, 0.6) is 17.2 Å². The van der Waals surface area contributed by atoms with E-state index in [0.29, 0.717) is 17.2 Å². The van der Waals surface area contributed by atoms with Crippen molar-refractivity contribution in [2.24, 2.45) is 5.73 Å². The fourth-order valence-electron chi connectivity index (χ4n) is 2.52. The predicted molar refractivity (Wildman–Crippen MR) is 106 cm³/mol. The van der Waals surface area contributed by atoms with Crippen LogP contribution in [-0.4, -0.2) is 33.0 Å².